The number of amides is 1. The van der Waals surface area contributed by atoms with Crippen LogP contribution < -0.4 is 10.0 Å². The first-order chi connectivity index (χ1) is 14.4. The Hall–Kier alpha value is -2.92. The van der Waals surface area contributed by atoms with E-state index in [4.69, 9.17) is 0 Å². The molecule has 0 bridgehead atoms. The molecular weight excluding hydrogens is 424 g/mol. The van der Waals surface area contributed by atoms with Gasteiger partial charge in [0.05, 0.1) is 10.1 Å². The molecule has 156 valence electrons. The number of carbonyl (C=O) groups excluding carboxylic acids is 1. The molecule has 3 aromatic rings. The summed E-state index contributed by atoms with van der Waals surface area (Å²) < 4.78 is 29.3. The molecule has 0 unspecified atom stereocenters. The molecule has 1 amide bonds. The maximum Gasteiger partial charge on any atom is 0.264 e. The Balaban J connectivity index is 1.37. The quantitative estimate of drug-likeness (QED) is 0.513. The number of aromatic nitrogens is 4. The van der Waals surface area contributed by atoms with E-state index < -0.39 is 10.0 Å². The molecule has 1 aliphatic carbocycles. The highest BCUT2D eigenvalue weighted by Gasteiger charge is 2.27. The number of sulfonamides is 1. The molecule has 2 aromatic heterocycles. The predicted octanol–water partition coefficient (Wildman–Crippen LogP) is 2.93. The van der Waals surface area contributed by atoms with Crippen LogP contribution in [0.15, 0.2) is 65.2 Å². The average molecular weight is 445 g/mol. The van der Waals surface area contributed by atoms with Crippen LogP contribution in [-0.2, 0) is 14.8 Å². The third-order valence-corrected chi connectivity index (χ3v) is 6.89. The van der Waals surface area contributed by atoms with Gasteiger partial charge in [-0.1, -0.05) is 11.8 Å². The summed E-state index contributed by atoms with van der Waals surface area (Å²) in [5.74, 6) is -0.193. The zero-order valence-electron chi connectivity index (χ0n) is 16.1. The van der Waals surface area contributed by atoms with Crippen LogP contribution in [0.5, 0.6) is 0 Å². The zero-order chi connectivity index (χ0) is 21.1. The molecule has 0 saturated heterocycles. The number of hydrogen-bond donors (Lipinski definition) is 2. The number of thioether (sulfide) groups is 1. The van der Waals surface area contributed by atoms with Crippen molar-refractivity contribution in [2.75, 3.05) is 10.0 Å². The lowest BCUT2D eigenvalue weighted by atomic mass is 10.3. The Labute approximate surface area is 178 Å². The van der Waals surface area contributed by atoms with E-state index in [0.29, 0.717) is 11.7 Å². The summed E-state index contributed by atoms with van der Waals surface area (Å²) in [6, 6.07) is 8.00. The topological polar surface area (TPSA) is 119 Å². The SMILES string of the molecule is C[C@@H](Sc1nccn1C1CC1)C(=O)Nc1ccc(S(=O)(=O)Nc2ncccn2)cc1. The second-order valence-electron chi connectivity index (χ2n) is 6.80. The molecule has 1 aromatic carbocycles. The molecule has 1 aliphatic rings. The number of benzene rings is 1. The molecule has 9 nitrogen and oxygen atoms in total. The van der Waals surface area contributed by atoms with Crippen molar-refractivity contribution in [3.8, 4) is 0 Å². The van der Waals surface area contributed by atoms with E-state index in [-0.39, 0.29) is 22.0 Å². The first kappa shape index (κ1) is 20.4. The van der Waals surface area contributed by atoms with Gasteiger partial charge in [0, 0.05) is 36.5 Å². The monoisotopic (exact) mass is 444 g/mol. The summed E-state index contributed by atoms with van der Waals surface area (Å²) in [4.78, 5) is 24.6. The van der Waals surface area contributed by atoms with Crippen molar-refractivity contribution in [3.05, 3.63) is 55.1 Å². The lowest BCUT2D eigenvalue weighted by molar-refractivity contribution is -0.115. The summed E-state index contributed by atoms with van der Waals surface area (Å²) in [7, 11) is -3.82. The summed E-state index contributed by atoms with van der Waals surface area (Å²) in [6.07, 6.45) is 8.87. The van der Waals surface area contributed by atoms with Crippen molar-refractivity contribution < 1.29 is 13.2 Å². The van der Waals surface area contributed by atoms with Crippen LogP contribution in [0.1, 0.15) is 25.8 Å². The van der Waals surface area contributed by atoms with E-state index in [0.717, 1.165) is 18.0 Å². The van der Waals surface area contributed by atoms with Crippen molar-refractivity contribution >= 4 is 39.3 Å². The molecule has 0 aliphatic heterocycles. The largest absolute Gasteiger partial charge is 0.325 e. The van der Waals surface area contributed by atoms with Gasteiger partial charge in [0.25, 0.3) is 10.0 Å². The van der Waals surface area contributed by atoms with Crippen molar-refractivity contribution in [2.45, 2.75) is 41.1 Å². The molecule has 0 spiro atoms. The summed E-state index contributed by atoms with van der Waals surface area (Å²) >= 11 is 1.40. The molecule has 1 saturated carbocycles. The van der Waals surface area contributed by atoms with E-state index in [1.165, 1.54) is 36.3 Å². The van der Waals surface area contributed by atoms with Crippen molar-refractivity contribution in [3.63, 3.8) is 0 Å². The van der Waals surface area contributed by atoms with Gasteiger partial charge in [0.1, 0.15) is 0 Å². The average Bonchev–Trinajstić information content (AvgIpc) is 3.47. The molecule has 2 N–H and O–H groups in total. The van der Waals surface area contributed by atoms with E-state index in [1.807, 2.05) is 13.1 Å². The fraction of sp³-hybridized carbons (Fsp3) is 0.263. The molecule has 0 radical (unpaired) electrons. The molecule has 11 heteroatoms. The van der Waals surface area contributed by atoms with Gasteiger partial charge < -0.3 is 9.88 Å². The predicted molar refractivity (Wildman–Crippen MR) is 114 cm³/mol. The van der Waals surface area contributed by atoms with Crippen LogP contribution in [0, 0.1) is 0 Å². The number of anilines is 2. The van der Waals surface area contributed by atoms with Crippen molar-refractivity contribution in [2.24, 2.45) is 0 Å². The zero-order valence-corrected chi connectivity index (χ0v) is 17.7. The molecule has 2 heterocycles. The van der Waals surface area contributed by atoms with E-state index in [9.17, 15) is 13.2 Å². The fourth-order valence-electron chi connectivity index (χ4n) is 2.73. The van der Waals surface area contributed by atoms with Crippen molar-refractivity contribution in [1.82, 2.24) is 19.5 Å². The first-order valence-corrected chi connectivity index (χ1v) is 11.7. The van der Waals surface area contributed by atoms with Gasteiger partial charge in [0.2, 0.25) is 11.9 Å². The number of nitrogens with zero attached hydrogens (tertiary/aromatic N) is 4. The summed E-state index contributed by atoms with van der Waals surface area (Å²) in [5.41, 5.74) is 0.507. The fourth-order valence-corrected chi connectivity index (χ4v) is 4.62. The van der Waals surface area contributed by atoms with Gasteiger partial charge in [-0.05, 0) is 50.1 Å². The van der Waals surface area contributed by atoms with Gasteiger partial charge in [-0.15, -0.1) is 0 Å². The summed E-state index contributed by atoms with van der Waals surface area (Å²) in [6.45, 7) is 1.81. The minimum atomic E-state index is -3.82. The third kappa shape index (κ3) is 4.79. The molecule has 1 fully saturated rings. The van der Waals surface area contributed by atoms with Gasteiger partial charge in [-0.2, -0.15) is 0 Å². The Morgan fingerprint density at radius 2 is 1.83 bits per heavy atom. The Morgan fingerprint density at radius 3 is 2.50 bits per heavy atom. The van der Waals surface area contributed by atoms with Crippen LogP contribution >= 0.6 is 11.8 Å². The Kier molecular flexibility index (Phi) is 5.73. The normalized spacial score (nSPS) is 14.8. The summed E-state index contributed by atoms with van der Waals surface area (Å²) in [5, 5.41) is 3.28. The highest BCUT2D eigenvalue weighted by molar-refractivity contribution is 8.00. The number of carbonyl (C=O) groups is 1. The number of nitrogens with one attached hydrogen (secondary N) is 2. The number of rotatable bonds is 8. The molecule has 4 rings (SSSR count). The first-order valence-electron chi connectivity index (χ1n) is 9.32. The van der Waals surface area contributed by atoms with E-state index >= 15 is 0 Å². The Bertz CT molecular complexity index is 1130. The smallest absolute Gasteiger partial charge is 0.264 e. The van der Waals surface area contributed by atoms with E-state index in [2.05, 4.69) is 29.6 Å². The maximum atomic E-state index is 12.5. The maximum absolute atomic E-state index is 12.5. The minimum Gasteiger partial charge on any atom is -0.325 e. The highest BCUT2D eigenvalue weighted by atomic mass is 32.2. The second-order valence-corrected chi connectivity index (χ2v) is 9.79. The number of hydrogen-bond acceptors (Lipinski definition) is 7. The van der Waals surface area contributed by atoms with Gasteiger partial charge in [-0.25, -0.2) is 28.1 Å². The second kappa shape index (κ2) is 8.44. The lowest BCUT2D eigenvalue weighted by Crippen LogP contribution is -2.23. The van der Waals surface area contributed by atoms with Gasteiger partial charge in [0.15, 0.2) is 5.16 Å². The lowest BCUT2D eigenvalue weighted by Gasteiger charge is -2.13. The van der Waals surface area contributed by atoms with Crippen LogP contribution in [0.4, 0.5) is 11.6 Å². The highest BCUT2D eigenvalue weighted by Crippen LogP contribution is 2.38. The standard InChI is InChI=1S/C19H20N6O3S2/c1-13(29-19-22-11-12-25(19)15-5-6-15)17(26)23-14-3-7-16(8-4-14)30(27,28)24-18-20-9-2-10-21-18/h2-4,7-13,15H,5-6H2,1H3,(H,23,26)(H,20,21,24)/t13-/m1/s1. The van der Waals surface area contributed by atoms with Crippen LogP contribution in [0.3, 0.4) is 0 Å². The third-order valence-electron chi connectivity index (χ3n) is 4.45. The van der Waals surface area contributed by atoms with Crippen LogP contribution in [-0.4, -0.2) is 39.1 Å². The number of imidazole rings is 1. The van der Waals surface area contributed by atoms with Gasteiger partial charge >= 0.3 is 0 Å². The molecule has 1 atom stereocenters. The molecular formula is C19H20N6O3S2. The van der Waals surface area contributed by atoms with E-state index in [1.54, 1.807) is 24.4 Å². The molecule has 30 heavy (non-hydrogen) atoms. The minimum absolute atomic E-state index is 0.00899. The van der Waals surface area contributed by atoms with Gasteiger partial charge in [-0.3, -0.25) is 4.79 Å². The van der Waals surface area contributed by atoms with Crippen molar-refractivity contribution in [1.29, 1.82) is 0 Å². The Morgan fingerprint density at radius 1 is 1.13 bits per heavy atom. The van der Waals surface area contributed by atoms with Crippen LogP contribution in [0.25, 0.3) is 0 Å². The van der Waals surface area contributed by atoms with Crippen LogP contribution in [0.2, 0.25) is 0 Å².